The molecule has 0 heterocycles. The van der Waals surface area contributed by atoms with Crippen molar-refractivity contribution in [3.05, 3.63) is 95.6 Å². The highest BCUT2D eigenvalue weighted by Gasteiger charge is 2.13. The standard InChI is InChI=1S/C24H20O5/c1-27-20-12-10-19(11-13-20)24(26)29-22-15-9-17(16-23(22)28-2)8-14-21(25)18-6-4-3-5-7-18/h3-16H,1-2H3. The summed E-state index contributed by atoms with van der Waals surface area (Å²) in [6, 6.07) is 20.7. The predicted molar refractivity (Wildman–Crippen MR) is 111 cm³/mol. The number of methoxy groups -OCH3 is 2. The predicted octanol–water partition coefficient (Wildman–Crippen LogP) is 4.82. The van der Waals surface area contributed by atoms with E-state index < -0.39 is 5.97 Å². The number of esters is 1. The van der Waals surface area contributed by atoms with Crippen LogP contribution in [0.15, 0.2) is 78.9 Å². The van der Waals surface area contributed by atoms with Crippen molar-refractivity contribution in [2.45, 2.75) is 0 Å². The molecule has 0 saturated heterocycles. The van der Waals surface area contributed by atoms with E-state index in [1.165, 1.54) is 13.2 Å². The molecule has 0 spiro atoms. The molecule has 0 fully saturated rings. The summed E-state index contributed by atoms with van der Waals surface area (Å²) >= 11 is 0. The minimum atomic E-state index is -0.506. The molecule has 146 valence electrons. The van der Waals surface area contributed by atoms with E-state index >= 15 is 0 Å². The number of hydrogen-bond donors (Lipinski definition) is 0. The van der Waals surface area contributed by atoms with Gasteiger partial charge in [-0.2, -0.15) is 0 Å². The van der Waals surface area contributed by atoms with Gasteiger partial charge in [0.25, 0.3) is 0 Å². The Bertz CT molecular complexity index is 1020. The van der Waals surface area contributed by atoms with E-state index in [0.29, 0.717) is 28.4 Å². The quantitative estimate of drug-likeness (QED) is 0.251. The zero-order chi connectivity index (χ0) is 20.6. The lowest BCUT2D eigenvalue weighted by molar-refractivity contribution is 0.0729. The van der Waals surface area contributed by atoms with Crippen LogP contribution in [0.1, 0.15) is 26.3 Å². The number of benzene rings is 3. The van der Waals surface area contributed by atoms with Gasteiger partial charge in [-0.1, -0.05) is 42.5 Å². The molecule has 0 atom stereocenters. The number of rotatable bonds is 7. The first-order valence-electron chi connectivity index (χ1n) is 8.92. The Kier molecular flexibility index (Phi) is 6.43. The van der Waals surface area contributed by atoms with Crippen LogP contribution in [-0.2, 0) is 0 Å². The van der Waals surface area contributed by atoms with Crippen molar-refractivity contribution in [3.63, 3.8) is 0 Å². The summed E-state index contributed by atoms with van der Waals surface area (Å²) in [6.45, 7) is 0. The van der Waals surface area contributed by atoms with Crippen molar-refractivity contribution < 1.29 is 23.8 Å². The Labute approximate surface area is 169 Å². The summed E-state index contributed by atoms with van der Waals surface area (Å²) in [6.07, 6.45) is 3.18. The second-order valence-corrected chi connectivity index (χ2v) is 6.09. The maximum atomic E-state index is 12.4. The molecule has 0 unspecified atom stereocenters. The average Bonchev–Trinajstić information content (AvgIpc) is 2.78. The smallest absolute Gasteiger partial charge is 0.343 e. The van der Waals surface area contributed by atoms with E-state index in [1.54, 1.807) is 67.8 Å². The van der Waals surface area contributed by atoms with E-state index in [9.17, 15) is 9.59 Å². The number of allylic oxidation sites excluding steroid dienone is 1. The molecule has 0 amide bonds. The normalized spacial score (nSPS) is 10.6. The number of hydrogen-bond acceptors (Lipinski definition) is 5. The number of carbonyl (C=O) groups is 2. The van der Waals surface area contributed by atoms with Gasteiger partial charge in [-0.05, 0) is 48.0 Å². The van der Waals surface area contributed by atoms with Gasteiger partial charge in [0.05, 0.1) is 19.8 Å². The minimum absolute atomic E-state index is 0.0976. The van der Waals surface area contributed by atoms with E-state index in [2.05, 4.69) is 0 Å². The molecule has 3 aromatic rings. The third kappa shape index (κ3) is 5.11. The lowest BCUT2D eigenvalue weighted by Gasteiger charge is -2.10. The largest absolute Gasteiger partial charge is 0.497 e. The first-order valence-corrected chi connectivity index (χ1v) is 8.92. The number of carbonyl (C=O) groups excluding carboxylic acids is 2. The second-order valence-electron chi connectivity index (χ2n) is 6.09. The molecule has 3 rings (SSSR count). The van der Waals surface area contributed by atoms with Crippen LogP contribution in [0.4, 0.5) is 0 Å². The summed E-state index contributed by atoms with van der Waals surface area (Å²) in [5.74, 6) is 0.731. The van der Waals surface area contributed by atoms with E-state index in [1.807, 2.05) is 18.2 Å². The number of ketones is 1. The molecule has 5 heteroatoms. The Morgan fingerprint density at radius 1 is 0.759 bits per heavy atom. The van der Waals surface area contributed by atoms with Crippen molar-refractivity contribution in [1.29, 1.82) is 0 Å². The fourth-order valence-corrected chi connectivity index (χ4v) is 2.63. The zero-order valence-corrected chi connectivity index (χ0v) is 16.1. The maximum Gasteiger partial charge on any atom is 0.343 e. The van der Waals surface area contributed by atoms with Gasteiger partial charge < -0.3 is 14.2 Å². The Morgan fingerprint density at radius 2 is 1.48 bits per heavy atom. The van der Waals surface area contributed by atoms with Crippen molar-refractivity contribution in [1.82, 2.24) is 0 Å². The number of ether oxygens (including phenoxy) is 3. The SMILES string of the molecule is COc1ccc(C(=O)Oc2ccc(C=CC(=O)c3ccccc3)cc2OC)cc1. The molecular formula is C24H20O5. The second kappa shape index (κ2) is 9.37. The lowest BCUT2D eigenvalue weighted by atomic mass is 10.1. The van der Waals surface area contributed by atoms with Crippen LogP contribution in [0.25, 0.3) is 6.08 Å². The molecule has 0 saturated carbocycles. The highest BCUT2D eigenvalue weighted by atomic mass is 16.6. The van der Waals surface area contributed by atoms with E-state index in [4.69, 9.17) is 14.2 Å². The van der Waals surface area contributed by atoms with Gasteiger partial charge in [-0.3, -0.25) is 4.79 Å². The molecule has 0 radical (unpaired) electrons. The molecule has 5 nitrogen and oxygen atoms in total. The van der Waals surface area contributed by atoms with Gasteiger partial charge in [-0.25, -0.2) is 4.79 Å². The van der Waals surface area contributed by atoms with Crippen LogP contribution in [0.3, 0.4) is 0 Å². The zero-order valence-electron chi connectivity index (χ0n) is 16.1. The first kappa shape index (κ1) is 19.9. The monoisotopic (exact) mass is 388 g/mol. The molecule has 29 heavy (non-hydrogen) atoms. The average molecular weight is 388 g/mol. The fraction of sp³-hybridized carbons (Fsp3) is 0.0833. The van der Waals surface area contributed by atoms with Gasteiger partial charge >= 0.3 is 5.97 Å². The van der Waals surface area contributed by atoms with E-state index in [-0.39, 0.29) is 5.78 Å². The Morgan fingerprint density at radius 3 is 2.14 bits per heavy atom. The molecule has 0 aliphatic carbocycles. The fourth-order valence-electron chi connectivity index (χ4n) is 2.63. The molecule has 0 aromatic heterocycles. The van der Waals surface area contributed by atoms with Crippen LogP contribution >= 0.6 is 0 Å². The molecule has 0 aliphatic rings. The molecular weight excluding hydrogens is 368 g/mol. The molecule has 0 N–H and O–H groups in total. The van der Waals surface area contributed by atoms with Crippen molar-refractivity contribution in [2.75, 3.05) is 14.2 Å². The van der Waals surface area contributed by atoms with Crippen molar-refractivity contribution >= 4 is 17.8 Å². The van der Waals surface area contributed by atoms with Crippen LogP contribution in [0.2, 0.25) is 0 Å². The van der Waals surface area contributed by atoms with Gasteiger partial charge in [0, 0.05) is 5.56 Å². The minimum Gasteiger partial charge on any atom is -0.497 e. The van der Waals surface area contributed by atoms with Gasteiger partial charge in [0.2, 0.25) is 0 Å². The maximum absolute atomic E-state index is 12.4. The van der Waals surface area contributed by atoms with Crippen molar-refractivity contribution in [2.24, 2.45) is 0 Å². The topological polar surface area (TPSA) is 61.8 Å². The third-order valence-corrected chi connectivity index (χ3v) is 4.20. The van der Waals surface area contributed by atoms with Gasteiger partial charge in [0.15, 0.2) is 17.3 Å². The lowest BCUT2D eigenvalue weighted by Crippen LogP contribution is -2.09. The molecule has 0 aliphatic heterocycles. The highest BCUT2D eigenvalue weighted by molar-refractivity contribution is 6.06. The molecule has 0 bridgehead atoms. The van der Waals surface area contributed by atoms with E-state index in [0.717, 1.165) is 5.56 Å². The summed E-state index contributed by atoms with van der Waals surface area (Å²) < 4.78 is 15.9. The summed E-state index contributed by atoms with van der Waals surface area (Å²) in [4.78, 5) is 24.6. The van der Waals surface area contributed by atoms with Crippen LogP contribution < -0.4 is 14.2 Å². The van der Waals surface area contributed by atoms with Crippen molar-refractivity contribution in [3.8, 4) is 17.2 Å². The third-order valence-electron chi connectivity index (χ3n) is 4.20. The van der Waals surface area contributed by atoms with Crippen LogP contribution in [-0.4, -0.2) is 26.0 Å². The summed E-state index contributed by atoms with van der Waals surface area (Å²) in [5, 5.41) is 0. The molecule has 3 aromatic carbocycles. The highest BCUT2D eigenvalue weighted by Crippen LogP contribution is 2.29. The van der Waals surface area contributed by atoms with Crippen LogP contribution in [0, 0.1) is 0 Å². The van der Waals surface area contributed by atoms with Gasteiger partial charge in [-0.15, -0.1) is 0 Å². The summed E-state index contributed by atoms with van der Waals surface area (Å²) in [7, 11) is 3.05. The van der Waals surface area contributed by atoms with Gasteiger partial charge in [0.1, 0.15) is 5.75 Å². The first-order chi connectivity index (χ1) is 14.1. The summed E-state index contributed by atoms with van der Waals surface area (Å²) in [5.41, 5.74) is 1.75. The Hall–Kier alpha value is -3.86. The Balaban J connectivity index is 1.73. The van der Waals surface area contributed by atoms with Crippen LogP contribution in [0.5, 0.6) is 17.2 Å².